The Hall–Kier alpha value is -1.85. The lowest BCUT2D eigenvalue weighted by molar-refractivity contribution is 0.0929. The molecule has 0 spiro atoms. The van der Waals surface area contributed by atoms with Crippen molar-refractivity contribution >= 4 is 29.3 Å². The third-order valence-electron chi connectivity index (χ3n) is 4.06. The van der Waals surface area contributed by atoms with E-state index in [2.05, 4.69) is 5.32 Å². The third-order valence-corrected chi connectivity index (χ3v) is 4.06. The minimum Gasteiger partial charge on any atom is -0.422 e. The molecule has 1 unspecified atom stereocenters. The van der Waals surface area contributed by atoms with Crippen molar-refractivity contribution in [2.45, 2.75) is 25.8 Å². The van der Waals surface area contributed by atoms with E-state index >= 15 is 0 Å². The van der Waals surface area contributed by atoms with Gasteiger partial charge in [-0.1, -0.05) is 18.2 Å². The Bertz CT molecular complexity index is 753. The van der Waals surface area contributed by atoms with E-state index in [-0.39, 0.29) is 24.0 Å². The zero-order chi connectivity index (χ0) is 15.0. The van der Waals surface area contributed by atoms with Crippen LogP contribution in [0.3, 0.4) is 0 Å². The largest absolute Gasteiger partial charge is 0.422 e. The predicted molar refractivity (Wildman–Crippen MR) is 87.5 cm³/mol. The molecule has 0 bridgehead atoms. The molecule has 1 aliphatic rings. The highest BCUT2D eigenvalue weighted by Crippen LogP contribution is 2.32. The topological polar surface area (TPSA) is 85.3 Å². The maximum atomic E-state index is 12.4. The van der Waals surface area contributed by atoms with Gasteiger partial charge in [0, 0.05) is 18.0 Å². The van der Waals surface area contributed by atoms with Crippen LogP contribution in [0.4, 0.5) is 0 Å². The van der Waals surface area contributed by atoms with Gasteiger partial charge >= 0.3 is 5.63 Å². The van der Waals surface area contributed by atoms with Gasteiger partial charge in [0.1, 0.15) is 11.1 Å². The van der Waals surface area contributed by atoms with Crippen molar-refractivity contribution in [3.63, 3.8) is 0 Å². The van der Waals surface area contributed by atoms with E-state index in [1.54, 1.807) is 19.1 Å². The van der Waals surface area contributed by atoms with E-state index in [0.29, 0.717) is 23.6 Å². The van der Waals surface area contributed by atoms with Crippen LogP contribution < -0.4 is 16.7 Å². The lowest BCUT2D eigenvalue weighted by Gasteiger charge is -2.16. The van der Waals surface area contributed by atoms with Crippen LogP contribution in [-0.4, -0.2) is 18.5 Å². The van der Waals surface area contributed by atoms with Crippen molar-refractivity contribution in [3.05, 3.63) is 45.8 Å². The highest BCUT2D eigenvalue weighted by atomic mass is 35.5. The van der Waals surface area contributed by atoms with E-state index in [4.69, 9.17) is 10.2 Å². The van der Waals surface area contributed by atoms with Crippen LogP contribution >= 0.6 is 12.4 Å². The second kappa shape index (κ2) is 6.50. The number of benzene rings is 1. The first-order valence-electron chi connectivity index (χ1n) is 7.15. The number of nitrogens with one attached hydrogen (secondary N) is 1. The fourth-order valence-corrected chi connectivity index (χ4v) is 2.68. The molecule has 1 aromatic carbocycles. The van der Waals surface area contributed by atoms with Crippen LogP contribution in [0.15, 0.2) is 33.5 Å². The van der Waals surface area contributed by atoms with Crippen molar-refractivity contribution in [3.8, 4) is 0 Å². The molecule has 0 saturated heterocycles. The zero-order valence-electron chi connectivity index (χ0n) is 12.3. The van der Waals surface area contributed by atoms with Gasteiger partial charge in [0.15, 0.2) is 0 Å². The number of carbonyl (C=O) groups excluding carboxylic acids is 1. The molecule has 0 aliphatic heterocycles. The molecule has 3 rings (SSSR count). The molecule has 22 heavy (non-hydrogen) atoms. The van der Waals surface area contributed by atoms with Gasteiger partial charge in [0.25, 0.3) is 5.91 Å². The summed E-state index contributed by atoms with van der Waals surface area (Å²) in [6.07, 6.45) is 2.15. The number of amides is 1. The molecular weight excluding hydrogens is 304 g/mol. The molecule has 1 amide bonds. The maximum absolute atomic E-state index is 12.4. The quantitative estimate of drug-likeness (QED) is 0.843. The number of nitrogens with two attached hydrogens (primary N) is 1. The van der Waals surface area contributed by atoms with Crippen LogP contribution in [0.5, 0.6) is 0 Å². The SMILES string of the molecule is Cc1c(C(=O)NC(CN)C2CC2)c(=O)oc2ccccc12.Cl. The van der Waals surface area contributed by atoms with Crippen LogP contribution in [-0.2, 0) is 0 Å². The fourth-order valence-electron chi connectivity index (χ4n) is 2.68. The Labute approximate surface area is 134 Å². The number of para-hydroxylation sites is 1. The number of rotatable bonds is 4. The molecule has 3 N–H and O–H groups in total. The number of halogens is 1. The van der Waals surface area contributed by atoms with E-state index in [1.807, 2.05) is 12.1 Å². The Kier molecular flexibility index (Phi) is 4.88. The average molecular weight is 323 g/mol. The first-order valence-corrected chi connectivity index (χ1v) is 7.15. The van der Waals surface area contributed by atoms with Gasteiger partial charge in [0.2, 0.25) is 0 Å². The van der Waals surface area contributed by atoms with Crippen LogP contribution in [0.2, 0.25) is 0 Å². The first kappa shape index (κ1) is 16.5. The van der Waals surface area contributed by atoms with E-state index in [1.165, 1.54) is 0 Å². The molecule has 1 fully saturated rings. The fraction of sp³-hybridized carbons (Fsp3) is 0.375. The number of hydrogen-bond donors (Lipinski definition) is 2. The molecule has 1 aliphatic carbocycles. The Balaban J connectivity index is 0.00000176. The average Bonchev–Trinajstić information content (AvgIpc) is 3.29. The summed E-state index contributed by atoms with van der Waals surface area (Å²) in [4.78, 5) is 24.5. The highest BCUT2D eigenvalue weighted by Gasteiger charge is 2.32. The molecule has 118 valence electrons. The minimum atomic E-state index is -0.602. The summed E-state index contributed by atoms with van der Waals surface area (Å²) in [6.45, 7) is 2.15. The maximum Gasteiger partial charge on any atom is 0.349 e. The van der Waals surface area contributed by atoms with Gasteiger partial charge in [0.05, 0.1) is 0 Å². The monoisotopic (exact) mass is 322 g/mol. The van der Waals surface area contributed by atoms with Gasteiger partial charge < -0.3 is 15.5 Å². The second-order valence-corrected chi connectivity index (χ2v) is 5.54. The Morgan fingerprint density at radius 1 is 1.41 bits per heavy atom. The van der Waals surface area contributed by atoms with Crippen molar-refractivity contribution in [1.29, 1.82) is 0 Å². The summed E-state index contributed by atoms with van der Waals surface area (Å²) >= 11 is 0. The number of aryl methyl sites for hydroxylation is 1. The number of carbonyl (C=O) groups is 1. The molecule has 1 atom stereocenters. The van der Waals surface area contributed by atoms with Crippen molar-refractivity contribution in [1.82, 2.24) is 5.32 Å². The molecule has 1 heterocycles. The van der Waals surface area contributed by atoms with E-state index in [9.17, 15) is 9.59 Å². The van der Waals surface area contributed by atoms with Crippen LogP contribution in [0.1, 0.15) is 28.8 Å². The number of fused-ring (bicyclic) bond motifs is 1. The summed E-state index contributed by atoms with van der Waals surface area (Å²) < 4.78 is 5.24. The summed E-state index contributed by atoms with van der Waals surface area (Å²) in [6, 6.07) is 7.14. The third kappa shape index (κ3) is 3.00. The Morgan fingerprint density at radius 2 is 2.09 bits per heavy atom. The molecule has 1 saturated carbocycles. The van der Waals surface area contributed by atoms with Gasteiger partial charge in [-0.15, -0.1) is 12.4 Å². The minimum absolute atomic E-state index is 0. The molecule has 0 radical (unpaired) electrons. The predicted octanol–water partition coefficient (Wildman–Crippen LogP) is 1.99. The second-order valence-electron chi connectivity index (χ2n) is 5.54. The van der Waals surface area contributed by atoms with Crippen molar-refractivity contribution in [2.75, 3.05) is 6.54 Å². The first-order chi connectivity index (χ1) is 10.1. The molecule has 5 nitrogen and oxygen atoms in total. The standard InChI is InChI=1S/C16H18N2O3.ClH/c1-9-11-4-2-3-5-13(11)21-16(20)14(9)15(19)18-12(8-17)10-6-7-10;/h2-5,10,12H,6-8,17H2,1H3,(H,18,19);1H. The van der Waals surface area contributed by atoms with Gasteiger partial charge in [-0.05, 0) is 37.3 Å². The summed E-state index contributed by atoms with van der Waals surface area (Å²) in [7, 11) is 0. The van der Waals surface area contributed by atoms with Gasteiger partial charge in [-0.3, -0.25) is 4.79 Å². The molecule has 2 aromatic rings. The Morgan fingerprint density at radius 3 is 2.73 bits per heavy atom. The smallest absolute Gasteiger partial charge is 0.349 e. The van der Waals surface area contributed by atoms with Crippen molar-refractivity contribution in [2.24, 2.45) is 11.7 Å². The summed E-state index contributed by atoms with van der Waals surface area (Å²) in [5.41, 5.74) is 6.30. The summed E-state index contributed by atoms with van der Waals surface area (Å²) in [5, 5.41) is 3.64. The zero-order valence-corrected chi connectivity index (χ0v) is 13.1. The van der Waals surface area contributed by atoms with Crippen LogP contribution in [0.25, 0.3) is 11.0 Å². The molecular formula is C16H19ClN2O3. The highest BCUT2D eigenvalue weighted by molar-refractivity contribution is 5.99. The normalized spacial score (nSPS) is 15.2. The number of hydrogen-bond acceptors (Lipinski definition) is 4. The molecule has 1 aromatic heterocycles. The molecule has 6 heteroatoms. The van der Waals surface area contributed by atoms with Crippen LogP contribution in [0, 0.1) is 12.8 Å². The van der Waals surface area contributed by atoms with E-state index < -0.39 is 11.5 Å². The van der Waals surface area contributed by atoms with Gasteiger partial charge in [-0.2, -0.15) is 0 Å². The summed E-state index contributed by atoms with van der Waals surface area (Å²) in [5.74, 6) is 0.0427. The van der Waals surface area contributed by atoms with Crippen molar-refractivity contribution < 1.29 is 9.21 Å². The lowest BCUT2D eigenvalue weighted by atomic mass is 10.0. The van der Waals surface area contributed by atoms with Gasteiger partial charge in [-0.25, -0.2) is 4.79 Å². The van der Waals surface area contributed by atoms with E-state index in [0.717, 1.165) is 18.2 Å². The lowest BCUT2D eigenvalue weighted by Crippen LogP contribution is -2.43.